The van der Waals surface area contributed by atoms with Crippen LogP contribution < -0.4 is 10.2 Å². The number of ether oxygens (including phenoxy) is 1. The lowest BCUT2D eigenvalue weighted by Gasteiger charge is -2.29. The van der Waals surface area contributed by atoms with Gasteiger partial charge in [-0.05, 0) is 69.7 Å². The summed E-state index contributed by atoms with van der Waals surface area (Å²) in [6, 6.07) is 5.59. The number of hydrogen-bond acceptors (Lipinski definition) is 6. The Morgan fingerprint density at radius 3 is 2.82 bits per heavy atom. The normalized spacial score (nSPS) is 23.2. The number of aromatic nitrogens is 2. The molecule has 0 radical (unpaired) electrons. The van der Waals surface area contributed by atoms with Gasteiger partial charge in [0.15, 0.2) is 5.76 Å². The van der Waals surface area contributed by atoms with Crippen molar-refractivity contribution >= 4 is 16.7 Å². The van der Waals surface area contributed by atoms with Crippen molar-refractivity contribution in [3.63, 3.8) is 0 Å². The van der Waals surface area contributed by atoms with Crippen LogP contribution in [-0.4, -0.2) is 48.0 Å². The van der Waals surface area contributed by atoms with E-state index in [0.29, 0.717) is 17.4 Å². The van der Waals surface area contributed by atoms with Gasteiger partial charge in [0, 0.05) is 43.2 Å². The number of pyridine rings is 1. The van der Waals surface area contributed by atoms with Crippen LogP contribution >= 0.6 is 0 Å². The molecule has 2 atom stereocenters. The number of aryl methyl sites for hydroxylation is 3. The molecular weight excluding hydrogens is 419 g/mol. The minimum atomic E-state index is -0.271. The predicted molar refractivity (Wildman–Crippen MR) is 128 cm³/mol. The summed E-state index contributed by atoms with van der Waals surface area (Å²) in [5.74, 6) is 1.17. The minimum Gasteiger partial charge on any atom is -0.377 e. The highest BCUT2D eigenvalue weighted by molar-refractivity contribution is 5.93. The second-order valence-electron chi connectivity index (χ2n) is 9.84. The van der Waals surface area contributed by atoms with Crippen molar-refractivity contribution in [1.82, 2.24) is 15.5 Å². The number of benzene rings is 1. The maximum absolute atomic E-state index is 15.1. The molecule has 0 unspecified atom stereocenters. The first kappa shape index (κ1) is 22.3. The van der Waals surface area contributed by atoms with E-state index in [1.54, 1.807) is 6.07 Å². The maximum Gasteiger partial charge on any atom is 0.171 e. The Kier molecular flexibility index (Phi) is 5.87. The minimum absolute atomic E-state index is 0.0598. The quantitative estimate of drug-likeness (QED) is 0.571. The van der Waals surface area contributed by atoms with Crippen LogP contribution in [-0.2, 0) is 11.2 Å². The van der Waals surface area contributed by atoms with Crippen molar-refractivity contribution in [3.8, 4) is 11.3 Å². The summed E-state index contributed by atoms with van der Waals surface area (Å²) < 4.78 is 26.6. The van der Waals surface area contributed by atoms with E-state index in [0.717, 1.165) is 85.5 Å². The summed E-state index contributed by atoms with van der Waals surface area (Å²) in [5, 5.41) is 8.68. The lowest BCUT2D eigenvalue weighted by molar-refractivity contribution is 0.103. The Balaban J connectivity index is 1.54. The predicted octanol–water partition coefficient (Wildman–Crippen LogP) is 4.95. The van der Waals surface area contributed by atoms with Crippen LogP contribution in [0, 0.1) is 19.7 Å². The standard InChI is InChI=1S/C26H33FN4O2/c1-5-18-12-20-17(3)23(22-11-16(2)30-33-22)25(29-24(20)21(27)13-18)31-9-8-26(4,15-31)28-14-19-7-6-10-32-19/h11-13,19,28H,5-10,14-15H2,1-4H3/t19-,26+/m1/s1. The molecule has 2 saturated heterocycles. The highest BCUT2D eigenvalue weighted by atomic mass is 19.1. The molecule has 176 valence electrons. The molecule has 0 saturated carbocycles. The van der Waals surface area contributed by atoms with E-state index in [1.807, 2.05) is 26.8 Å². The van der Waals surface area contributed by atoms with Crippen LogP contribution in [0.2, 0.25) is 0 Å². The molecule has 1 aromatic carbocycles. The van der Waals surface area contributed by atoms with Gasteiger partial charge in [0.25, 0.3) is 0 Å². The average molecular weight is 453 g/mol. The summed E-state index contributed by atoms with van der Waals surface area (Å²) in [6.07, 6.45) is 4.30. The van der Waals surface area contributed by atoms with Crippen LogP contribution in [0.15, 0.2) is 22.7 Å². The molecule has 2 aromatic heterocycles. The molecule has 2 aliphatic heterocycles. The topological polar surface area (TPSA) is 63.4 Å². The zero-order valence-corrected chi connectivity index (χ0v) is 20.0. The van der Waals surface area contributed by atoms with Crippen molar-refractivity contribution in [2.75, 3.05) is 31.1 Å². The zero-order valence-electron chi connectivity index (χ0n) is 20.0. The maximum atomic E-state index is 15.1. The Hall–Kier alpha value is -2.51. The summed E-state index contributed by atoms with van der Waals surface area (Å²) in [5.41, 5.74) is 4.01. The summed E-state index contributed by atoms with van der Waals surface area (Å²) in [4.78, 5) is 7.15. The van der Waals surface area contributed by atoms with Gasteiger partial charge in [0.05, 0.1) is 17.4 Å². The van der Waals surface area contributed by atoms with E-state index >= 15 is 4.39 Å². The number of hydrogen-bond donors (Lipinski definition) is 1. The Morgan fingerprint density at radius 2 is 2.12 bits per heavy atom. The number of rotatable bonds is 6. The third kappa shape index (κ3) is 4.24. The molecule has 1 N–H and O–H groups in total. The Morgan fingerprint density at radius 1 is 1.27 bits per heavy atom. The molecule has 3 aromatic rings. The molecule has 2 fully saturated rings. The third-order valence-corrected chi connectivity index (χ3v) is 7.18. The van der Waals surface area contributed by atoms with Gasteiger partial charge in [-0.1, -0.05) is 12.1 Å². The molecule has 7 heteroatoms. The highest BCUT2D eigenvalue weighted by Gasteiger charge is 2.37. The van der Waals surface area contributed by atoms with Crippen LogP contribution in [0.25, 0.3) is 22.2 Å². The van der Waals surface area contributed by atoms with Gasteiger partial charge in [-0.15, -0.1) is 0 Å². The number of anilines is 1. The van der Waals surface area contributed by atoms with Gasteiger partial charge >= 0.3 is 0 Å². The fraction of sp³-hybridized carbons (Fsp3) is 0.538. The number of halogens is 1. The first-order chi connectivity index (χ1) is 15.9. The number of nitrogens with one attached hydrogen (secondary N) is 1. The van der Waals surface area contributed by atoms with Gasteiger partial charge in [-0.2, -0.15) is 0 Å². The second kappa shape index (κ2) is 8.69. The smallest absolute Gasteiger partial charge is 0.171 e. The van der Waals surface area contributed by atoms with Crippen molar-refractivity contribution < 1.29 is 13.7 Å². The zero-order chi connectivity index (χ0) is 23.2. The SMILES string of the molecule is CCc1cc(F)c2nc(N3CC[C@](C)(NC[C@H]4CCCO4)C3)c(-c3cc(C)no3)c(C)c2c1. The van der Waals surface area contributed by atoms with Crippen molar-refractivity contribution in [1.29, 1.82) is 0 Å². The molecule has 2 aliphatic rings. The lowest BCUT2D eigenvalue weighted by Crippen LogP contribution is -2.47. The van der Waals surface area contributed by atoms with E-state index in [1.165, 1.54) is 0 Å². The van der Waals surface area contributed by atoms with Gasteiger partial charge in [-0.3, -0.25) is 0 Å². The summed E-state index contributed by atoms with van der Waals surface area (Å²) >= 11 is 0. The van der Waals surface area contributed by atoms with Crippen molar-refractivity contribution in [3.05, 3.63) is 40.8 Å². The van der Waals surface area contributed by atoms with E-state index in [9.17, 15) is 0 Å². The van der Waals surface area contributed by atoms with Gasteiger partial charge in [0.2, 0.25) is 0 Å². The molecule has 6 nitrogen and oxygen atoms in total. The van der Waals surface area contributed by atoms with E-state index < -0.39 is 0 Å². The first-order valence-electron chi connectivity index (χ1n) is 12.0. The van der Waals surface area contributed by atoms with Crippen molar-refractivity contribution in [2.24, 2.45) is 0 Å². The van der Waals surface area contributed by atoms with Gasteiger partial charge < -0.3 is 19.5 Å². The molecule has 0 aliphatic carbocycles. The van der Waals surface area contributed by atoms with E-state index in [-0.39, 0.29) is 11.4 Å². The number of fused-ring (bicyclic) bond motifs is 1. The highest BCUT2D eigenvalue weighted by Crippen LogP contribution is 2.40. The lowest BCUT2D eigenvalue weighted by atomic mass is 9.98. The Bertz CT molecular complexity index is 1170. The molecule has 0 bridgehead atoms. The van der Waals surface area contributed by atoms with Gasteiger partial charge in [-0.25, -0.2) is 9.37 Å². The number of nitrogens with zero attached hydrogens (tertiary/aromatic N) is 3. The molecule has 33 heavy (non-hydrogen) atoms. The Labute approximate surface area is 194 Å². The summed E-state index contributed by atoms with van der Waals surface area (Å²) in [6.45, 7) is 11.6. The van der Waals surface area contributed by atoms with E-state index in [2.05, 4.69) is 28.4 Å². The van der Waals surface area contributed by atoms with Gasteiger partial charge in [0.1, 0.15) is 17.2 Å². The fourth-order valence-corrected chi connectivity index (χ4v) is 5.18. The molecule has 4 heterocycles. The first-order valence-corrected chi connectivity index (χ1v) is 12.0. The third-order valence-electron chi connectivity index (χ3n) is 7.18. The van der Waals surface area contributed by atoms with Crippen LogP contribution in [0.4, 0.5) is 10.2 Å². The summed E-state index contributed by atoms with van der Waals surface area (Å²) in [7, 11) is 0. The van der Waals surface area contributed by atoms with Crippen LogP contribution in [0.1, 0.15) is 49.9 Å². The van der Waals surface area contributed by atoms with Crippen LogP contribution in [0.5, 0.6) is 0 Å². The second-order valence-corrected chi connectivity index (χ2v) is 9.84. The van der Waals surface area contributed by atoms with Crippen LogP contribution in [0.3, 0.4) is 0 Å². The molecule has 5 rings (SSSR count). The van der Waals surface area contributed by atoms with Crippen molar-refractivity contribution in [2.45, 2.75) is 65.0 Å². The van der Waals surface area contributed by atoms with E-state index in [4.69, 9.17) is 14.2 Å². The largest absolute Gasteiger partial charge is 0.377 e. The molecular formula is C26H33FN4O2. The average Bonchev–Trinajstić information content (AvgIpc) is 3.54. The fourth-order valence-electron chi connectivity index (χ4n) is 5.18. The molecule has 0 amide bonds. The monoisotopic (exact) mass is 452 g/mol. The molecule has 0 spiro atoms.